The van der Waals surface area contributed by atoms with E-state index in [1.807, 2.05) is 37.4 Å². The highest BCUT2D eigenvalue weighted by Crippen LogP contribution is 2.29. The molecule has 0 aliphatic heterocycles. The zero-order valence-electron chi connectivity index (χ0n) is 12.7. The summed E-state index contributed by atoms with van der Waals surface area (Å²) in [6.45, 7) is 4.20. The second-order valence-electron chi connectivity index (χ2n) is 5.36. The third kappa shape index (κ3) is 3.84. The molecule has 1 unspecified atom stereocenters. The molecule has 0 saturated carbocycles. The lowest BCUT2D eigenvalue weighted by atomic mass is 9.92. The Hall–Kier alpha value is -1.37. The van der Waals surface area contributed by atoms with Crippen molar-refractivity contribution in [1.82, 2.24) is 20.1 Å². The van der Waals surface area contributed by atoms with Crippen LogP contribution in [-0.2, 0) is 12.6 Å². The molecule has 0 aliphatic rings. The Morgan fingerprint density at radius 2 is 2.05 bits per heavy atom. The average Bonchev–Trinajstić information content (AvgIpc) is 2.89. The van der Waals surface area contributed by atoms with Gasteiger partial charge in [0.05, 0.1) is 12.1 Å². The average molecular weight is 306 g/mol. The zero-order chi connectivity index (χ0) is 15.3. The summed E-state index contributed by atoms with van der Waals surface area (Å²) < 4.78 is 1.74. The van der Waals surface area contributed by atoms with Gasteiger partial charge in [-0.05, 0) is 19.4 Å². The van der Waals surface area contributed by atoms with E-state index in [-0.39, 0.29) is 12.6 Å². The first-order chi connectivity index (χ1) is 10.1. The van der Waals surface area contributed by atoms with Gasteiger partial charge < -0.3 is 10.4 Å². The number of hydrogen-bond acceptors (Lipinski definition) is 5. The van der Waals surface area contributed by atoms with Crippen molar-refractivity contribution in [2.45, 2.75) is 30.6 Å². The van der Waals surface area contributed by atoms with Gasteiger partial charge in [-0.25, -0.2) is 9.67 Å². The maximum absolute atomic E-state index is 10.1. The molecule has 2 aromatic rings. The maximum Gasteiger partial charge on any atom is 0.185 e. The van der Waals surface area contributed by atoms with E-state index in [9.17, 15) is 5.11 Å². The number of aliphatic hydroxyl groups is 1. The van der Waals surface area contributed by atoms with Crippen LogP contribution in [0.15, 0.2) is 41.8 Å². The van der Waals surface area contributed by atoms with E-state index in [0.29, 0.717) is 5.75 Å². The molecule has 0 fully saturated rings. The standard InChI is InChI=1S/C15H22N4OS/c1-12(2)18-15(9-20,13-7-5-4-6-8-13)10-21-14-16-11-17-19(14)3/h4-8,11-12,18,20H,9-10H2,1-3H3. The van der Waals surface area contributed by atoms with Crippen molar-refractivity contribution in [2.75, 3.05) is 12.4 Å². The minimum Gasteiger partial charge on any atom is -0.394 e. The monoisotopic (exact) mass is 306 g/mol. The summed E-state index contributed by atoms with van der Waals surface area (Å²) in [5.74, 6) is 0.679. The molecule has 5 nitrogen and oxygen atoms in total. The molecular weight excluding hydrogens is 284 g/mol. The van der Waals surface area contributed by atoms with Gasteiger partial charge in [-0.3, -0.25) is 0 Å². The second-order valence-corrected chi connectivity index (χ2v) is 6.30. The Kier molecular flexibility index (Phi) is 5.39. The predicted octanol–water partition coefficient (Wildman–Crippen LogP) is 1.79. The molecule has 2 N–H and O–H groups in total. The minimum atomic E-state index is -0.494. The van der Waals surface area contributed by atoms with Gasteiger partial charge >= 0.3 is 0 Å². The molecule has 1 atom stereocenters. The van der Waals surface area contributed by atoms with E-state index in [1.165, 1.54) is 0 Å². The number of nitrogens with one attached hydrogen (secondary N) is 1. The zero-order valence-corrected chi connectivity index (χ0v) is 13.5. The van der Waals surface area contributed by atoms with Crippen molar-refractivity contribution >= 4 is 11.8 Å². The summed E-state index contributed by atoms with van der Waals surface area (Å²) in [5.41, 5.74) is 0.586. The number of aryl methyl sites for hydroxylation is 1. The summed E-state index contributed by atoms with van der Waals surface area (Å²) in [6.07, 6.45) is 1.54. The van der Waals surface area contributed by atoms with E-state index >= 15 is 0 Å². The smallest absolute Gasteiger partial charge is 0.185 e. The number of hydrogen-bond donors (Lipinski definition) is 2. The summed E-state index contributed by atoms with van der Waals surface area (Å²) >= 11 is 1.59. The Bertz CT molecular complexity index is 558. The van der Waals surface area contributed by atoms with Crippen LogP contribution >= 0.6 is 11.8 Å². The van der Waals surface area contributed by atoms with Crippen LogP contribution in [0, 0.1) is 0 Å². The Balaban J connectivity index is 2.25. The van der Waals surface area contributed by atoms with Gasteiger partial charge in [0.2, 0.25) is 0 Å². The fourth-order valence-corrected chi connectivity index (χ4v) is 3.38. The van der Waals surface area contributed by atoms with Gasteiger partial charge in [-0.2, -0.15) is 5.10 Å². The number of nitrogens with zero attached hydrogens (tertiary/aromatic N) is 3. The molecule has 1 aromatic carbocycles. The summed E-state index contributed by atoms with van der Waals surface area (Å²) in [4.78, 5) is 4.23. The number of aliphatic hydroxyl groups excluding tert-OH is 1. The number of thioether (sulfide) groups is 1. The molecule has 2 rings (SSSR count). The first-order valence-electron chi connectivity index (χ1n) is 6.98. The second kappa shape index (κ2) is 7.06. The molecule has 0 bridgehead atoms. The molecule has 0 aliphatic carbocycles. The van der Waals surface area contributed by atoms with Crippen LogP contribution in [0.1, 0.15) is 19.4 Å². The third-order valence-electron chi connectivity index (χ3n) is 3.28. The summed E-state index contributed by atoms with van der Waals surface area (Å²) in [7, 11) is 1.87. The molecule has 0 spiro atoms. The van der Waals surface area contributed by atoms with Crippen molar-refractivity contribution in [3.05, 3.63) is 42.2 Å². The first-order valence-corrected chi connectivity index (χ1v) is 7.97. The maximum atomic E-state index is 10.1. The van der Waals surface area contributed by atoms with E-state index in [4.69, 9.17) is 0 Å². The molecule has 0 radical (unpaired) electrons. The van der Waals surface area contributed by atoms with Crippen molar-refractivity contribution in [1.29, 1.82) is 0 Å². The van der Waals surface area contributed by atoms with Crippen molar-refractivity contribution < 1.29 is 5.11 Å². The fourth-order valence-electron chi connectivity index (χ4n) is 2.30. The lowest BCUT2D eigenvalue weighted by molar-refractivity contribution is 0.169. The topological polar surface area (TPSA) is 63.0 Å². The van der Waals surface area contributed by atoms with Gasteiger partial charge in [0.25, 0.3) is 0 Å². The van der Waals surface area contributed by atoms with Crippen LogP contribution in [0.2, 0.25) is 0 Å². The third-order valence-corrected chi connectivity index (χ3v) is 4.54. The van der Waals surface area contributed by atoms with Gasteiger partial charge in [-0.1, -0.05) is 42.1 Å². The van der Waals surface area contributed by atoms with Crippen LogP contribution in [0.5, 0.6) is 0 Å². The number of rotatable bonds is 7. The Morgan fingerprint density at radius 3 is 2.57 bits per heavy atom. The molecule has 1 aromatic heterocycles. The number of aromatic nitrogens is 3. The highest BCUT2D eigenvalue weighted by atomic mass is 32.2. The van der Waals surface area contributed by atoms with Crippen LogP contribution in [-0.4, -0.2) is 38.3 Å². The highest BCUT2D eigenvalue weighted by Gasteiger charge is 2.32. The van der Waals surface area contributed by atoms with Crippen LogP contribution in [0.4, 0.5) is 0 Å². The van der Waals surface area contributed by atoms with Gasteiger partial charge in [0, 0.05) is 18.8 Å². The van der Waals surface area contributed by atoms with Crippen LogP contribution in [0.3, 0.4) is 0 Å². The van der Waals surface area contributed by atoms with E-state index in [2.05, 4.69) is 29.2 Å². The molecule has 21 heavy (non-hydrogen) atoms. The molecule has 1 heterocycles. The van der Waals surface area contributed by atoms with Crippen LogP contribution in [0.25, 0.3) is 0 Å². The molecule has 0 amide bonds. The molecular formula is C15H22N4OS. The van der Waals surface area contributed by atoms with Gasteiger partial charge in [0.1, 0.15) is 6.33 Å². The molecule has 6 heteroatoms. The highest BCUT2D eigenvalue weighted by molar-refractivity contribution is 7.99. The lowest BCUT2D eigenvalue weighted by Gasteiger charge is -2.35. The van der Waals surface area contributed by atoms with Crippen molar-refractivity contribution in [3.8, 4) is 0 Å². The van der Waals surface area contributed by atoms with E-state index in [0.717, 1.165) is 10.7 Å². The lowest BCUT2D eigenvalue weighted by Crippen LogP contribution is -2.51. The summed E-state index contributed by atoms with van der Waals surface area (Å²) in [5, 5.41) is 18.5. The van der Waals surface area contributed by atoms with Crippen LogP contribution < -0.4 is 5.32 Å². The van der Waals surface area contributed by atoms with E-state index < -0.39 is 5.54 Å². The molecule has 114 valence electrons. The Labute approximate surface area is 129 Å². The largest absolute Gasteiger partial charge is 0.394 e. The van der Waals surface area contributed by atoms with Crippen molar-refractivity contribution in [2.24, 2.45) is 7.05 Å². The Morgan fingerprint density at radius 1 is 1.33 bits per heavy atom. The van der Waals surface area contributed by atoms with Gasteiger partial charge in [-0.15, -0.1) is 0 Å². The quantitative estimate of drug-likeness (QED) is 0.764. The normalized spacial score (nSPS) is 14.3. The first kappa shape index (κ1) is 16.0. The van der Waals surface area contributed by atoms with Crippen molar-refractivity contribution in [3.63, 3.8) is 0 Å². The predicted molar refractivity (Wildman–Crippen MR) is 85.2 cm³/mol. The minimum absolute atomic E-state index is 0.0278. The molecule has 0 saturated heterocycles. The summed E-state index contributed by atoms with van der Waals surface area (Å²) in [6, 6.07) is 10.3. The number of benzene rings is 1. The SMILES string of the molecule is CC(C)NC(CO)(CSc1ncnn1C)c1ccccc1. The van der Waals surface area contributed by atoms with E-state index in [1.54, 1.807) is 22.8 Å². The fraction of sp³-hybridized carbons (Fsp3) is 0.467. The van der Waals surface area contributed by atoms with Gasteiger partial charge in [0.15, 0.2) is 5.16 Å².